The van der Waals surface area contributed by atoms with Crippen molar-refractivity contribution >= 4 is 0 Å². The Morgan fingerprint density at radius 3 is 2.92 bits per heavy atom. The van der Waals surface area contributed by atoms with E-state index >= 15 is 0 Å². The normalized spacial score (nSPS) is 10.0. The van der Waals surface area contributed by atoms with Gasteiger partial charge in [0.2, 0.25) is 0 Å². The molecule has 2 aromatic rings. The molecule has 0 saturated heterocycles. The monoisotopic (exact) mass is 160 g/mol. The van der Waals surface area contributed by atoms with Gasteiger partial charge in [-0.15, -0.1) is 0 Å². The van der Waals surface area contributed by atoms with Crippen molar-refractivity contribution in [2.45, 2.75) is 0 Å². The second-order valence-electron chi connectivity index (χ2n) is 2.52. The topological polar surface area (TPSA) is 48.9 Å². The minimum Gasteiger partial charge on any atom is -0.508 e. The fraction of sp³-hybridized carbons (Fsp3) is 0. The van der Waals surface area contributed by atoms with Crippen LogP contribution in [0.3, 0.4) is 0 Å². The highest BCUT2D eigenvalue weighted by Gasteiger charge is 1.97. The molecule has 0 aliphatic carbocycles. The summed E-state index contributed by atoms with van der Waals surface area (Å²) in [5, 5.41) is 9.18. The van der Waals surface area contributed by atoms with Gasteiger partial charge in [0.05, 0.1) is 18.2 Å². The molecule has 3 nitrogen and oxygen atoms in total. The van der Waals surface area contributed by atoms with Gasteiger partial charge in [0.1, 0.15) is 5.75 Å². The molecule has 0 bridgehead atoms. The highest BCUT2D eigenvalue weighted by atomic mass is 16.3. The number of hydrogen-bond donors (Lipinski definition) is 2. The van der Waals surface area contributed by atoms with Crippen molar-refractivity contribution < 1.29 is 5.11 Å². The van der Waals surface area contributed by atoms with Crippen molar-refractivity contribution in [1.29, 1.82) is 0 Å². The van der Waals surface area contributed by atoms with Crippen LogP contribution in [0.5, 0.6) is 5.75 Å². The first kappa shape index (κ1) is 6.91. The Balaban J connectivity index is 2.48. The summed E-state index contributed by atoms with van der Waals surface area (Å²) in [7, 11) is 0. The largest absolute Gasteiger partial charge is 0.508 e. The third-order valence-corrected chi connectivity index (χ3v) is 1.66. The molecule has 0 unspecified atom stereocenters. The molecule has 0 amide bonds. The number of rotatable bonds is 1. The van der Waals surface area contributed by atoms with Crippen LogP contribution >= 0.6 is 0 Å². The summed E-state index contributed by atoms with van der Waals surface area (Å²) in [6.07, 6.45) is 3.33. The maximum Gasteiger partial charge on any atom is 0.116 e. The number of imidazole rings is 1. The molecule has 0 aliphatic heterocycles. The third kappa shape index (κ3) is 1.16. The number of nitrogens with zero attached hydrogens (tertiary/aromatic N) is 1. The number of phenols is 1. The van der Waals surface area contributed by atoms with Gasteiger partial charge in [-0.2, -0.15) is 0 Å². The molecule has 0 saturated carbocycles. The standard InChI is InChI=1S/C9H8N2O/c12-8-3-1-2-7(4-8)9-5-10-6-11-9/h1-6,12H,(H,10,11). The van der Waals surface area contributed by atoms with Gasteiger partial charge >= 0.3 is 0 Å². The molecule has 0 radical (unpaired) electrons. The van der Waals surface area contributed by atoms with Gasteiger partial charge in [-0.25, -0.2) is 4.98 Å². The fourth-order valence-corrected chi connectivity index (χ4v) is 1.09. The Hall–Kier alpha value is -1.77. The highest BCUT2D eigenvalue weighted by molar-refractivity contribution is 5.59. The summed E-state index contributed by atoms with van der Waals surface area (Å²) in [5.41, 5.74) is 1.85. The van der Waals surface area contributed by atoms with E-state index in [0.717, 1.165) is 11.3 Å². The van der Waals surface area contributed by atoms with Crippen LogP contribution in [0.4, 0.5) is 0 Å². The number of H-pyrrole nitrogens is 1. The highest BCUT2D eigenvalue weighted by Crippen LogP contribution is 2.19. The molecule has 12 heavy (non-hydrogen) atoms. The van der Waals surface area contributed by atoms with Crippen LogP contribution < -0.4 is 0 Å². The number of benzene rings is 1. The van der Waals surface area contributed by atoms with Crippen LogP contribution in [0.1, 0.15) is 0 Å². The minimum absolute atomic E-state index is 0.266. The molecule has 0 fully saturated rings. The van der Waals surface area contributed by atoms with Crippen molar-refractivity contribution in [2.75, 3.05) is 0 Å². The summed E-state index contributed by atoms with van der Waals surface area (Å²) in [6, 6.07) is 7.03. The zero-order valence-corrected chi connectivity index (χ0v) is 6.36. The van der Waals surface area contributed by atoms with Crippen molar-refractivity contribution in [1.82, 2.24) is 9.97 Å². The first-order valence-electron chi connectivity index (χ1n) is 3.64. The Morgan fingerprint density at radius 1 is 1.33 bits per heavy atom. The van der Waals surface area contributed by atoms with Crippen LogP contribution in [-0.2, 0) is 0 Å². The average molecular weight is 160 g/mol. The summed E-state index contributed by atoms with van der Waals surface area (Å²) in [6.45, 7) is 0. The lowest BCUT2D eigenvalue weighted by Crippen LogP contribution is -1.75. The first-order valence-corrected chi connectivity index (χ1v) is 3.64. The Bertz CT molecular complexity index is 368. The third-order valence-electron chi connectivity index (χ3n) is 1.66. The van der Waals surface area contributed by atoms with E-state index in [0.29, 0.717) is 0 Å². The van der Waals surface area contributed by atoms with E-state index in [2.05, 4.69) is 9.97 Å². The van der Waals surface area contributed by atoms with Gasteiger partial charge in [-0.1, -0.05) is 12.1 Å². The van der Waals surface area contributed by atoms with E-state index in [1.807, 2.05) is 6.07 Å². The van der Waals surface area contributed by atoms with Gasteiger partial charge in [0.15, 0.2) is 0 Å². The van der Waals surface area contributed by atoms with Gasteiger partial charge in [-0.05, 0) is 12.1 Å². The zero-order chi connectivity index (χ0) is 8.39. The Kier molecular flexibility index (Phi) is 1.55. The lowest BCUT2D eigenvalue weighted by Gasteiger charge is -1.96. The van der Waals surface area contributed by atoms with E-state index in [-0.39, 0.29) is 5.75 Å². The van der Waals surface area contributed by atoms with Gasteiger partial charge in [0.25, 0.3) is 0 Å². The van der Waals surface area contributed by atoms with E-state index in [1.165, 1.54) is 0 Å². The smallest absolute Gasteiger partial charge is 0.116 e. The molecular formula is C9H8N2O. The van der Waals surface area contributed by atoms with Crippen LogP contribution in [0, 0.1) is 0 Å². The Morgan fingerprint density at radius 2 is 2.25 bits per heavy atom. The predicted octanol–water partition coefficient (Wildman–Crippen LogP) is 1.78. The quantitative estimate of drug-likeness (QED) is 0.668. The molecule has 1 aromatic heterocycles. The van der Waals surface area contributed by atoms with Gasteiger partial charge in [0, 0.05) is 5.56 Å². The fourth-order valence-electron chi connectivity index (χ4n) is 1.09. The molecule has 2 rings (SSSR count). The predicted molar refractivity (Wildman–Crippen MR) is 45.7 cm³/mol. The van der Waals surface area contributed by atoms with Crippen molar-refractivity contribution in [3.8, 4) is 17.0 Å². The summed E-state index contributed by atoms with van der Waals surface area (Å²) in [5.74, 6) is 0.266. The lowest BCUT2D eigenvalue weighted by molar-refractivity contribution is 0.475. The van der Waals surface area contributed by atoms with Gasteiger partial charge in [-0.3, -0.25) is 0 Å². The second kappa shape index (κ2) is 2.70. The maximum absolute atomic E-state index is 9.18. The van der Waals surface area contributed by atoms with Crippen molar-refractivity contribution in [3.05, 3.63) is 36.8 Å². The molecule has 1 heterocycles. The van der Waals surface area contributed by atoms with Crippen LogP contribution in [0.25, 0.3) is 11.3 Å². The number of hydrogen-bond acceptors (Lipinski definition) is 2. The number of nitrogens with one attached hydrogen (secondary N) is 1. The molecule has 60 valence electrons. The zero-order valence-electron chi connectivity index (χ0n) is 6.36. The number of phenolic OH excluding ortho intramolecular Hbond substituents is 1. The summed E-state index contributed by atoms with van der Waals surface area (Å²) < 4.78 is 0. The molecule has 0 atom stereocenters. The van der Waals surface area contributed by atoms with E-state index in [9.17, 15) is 5.11 Å². The van der Waals surface area contributed by atoms with E-state index in [1.54, 1.807) is 30.7 Å². The van der Waals surface area contributed by atoms with E-state index < -0.39 is 0 Å². The molecule has 0 spiro atoms. The second-order valence-corrected chi connectivity index (χ2v) is 2.52. The molecule has 3 heteroatoms. The molecule has 0 aliphatic rings. The minimum atomic E-state index is 0.266. The first-order chi connectivity index (χ1) is 5.86. The van der Waals surface area contributed by atoms with E-state index in [4.69, 9.17) is 0 Å². The van der Waals surface area contributed by atoms with Crippen LogP contribution in [0.2, 0.25) is 0 Å². The summed E-state index contributed by atoms with van der Waals surface area (Å²) in [4.78, 5) is 6.85. The van der Waals surface area contributed by atoms with Crippen LogP contribution in [0.15, 0.2) is 36.8 Å². The molecular weight excluding hydrogens is 152 g/mol. The number of aromatic amines is 1. The maximum atomic E-state index is 9.18. The SMILES string of the molecule is Oc1cccc(-c2cnc[nH]2)c1. The lowest BCUT2D eigenvalue weighted by atomic mass is 10.2. The summed E-state index contributed by atoms with van der Waals surface area (Å²) >= 11 is 0. The van der Waals surface area contributed by atoms with Crippen molar-refractivity contribution in [3.63, 3.8) is 0 Å². The molecule has 2 N–H and O–H groups in total. The Labute approximate surface area is 69.7 Å². The van der Waals surface area contributed by atoms with Crippen LogP contribution in [-0.4, -0.2) is 15.1 Å². The number of aromatic nitrogens is 2. The number of aromatic hydroxyl groups is 1. The molecule has 1 aromatic carbocycles. The average Bonchev–Trinajstić information content (AvgIpc) is 2.56. The van der Waals surface area contributed by atoms with Crippen molar-refractivity contribution in [2.24, 2.45) is 0 Å². The van der Waals surface area contributed by atoms with Gasteiger partial charge < -0.3 is 10.1 Å².